The lowest BCUT2D eigenvalue weighted by Gasteiger charge is -2.28. The minimum atomic E-state index is -4.46. The van der Waals surface area contributed by atoms with Crippen molar-refractivity contribution in [3.8, 4) is 0 Å². The van der Waals surface area contributed by atoms with Crippen molar-refractivity contribution in [3.05, 3.63) is 0 Å². The zero-order chi connectivity index (χ0) is 10.9. The van der Waals surface area contributed by atoms with E-state index in [1.807, 2.05) is 5.32 Å². The van der Waals surface area contributed by atoms with Crippen LogP contribution in [0.5, 0.6) is 0 Å². The maximum Gasteiger partial charge on any atom is 0.393 e. The number of piperidine rings is 1. The van der Waals surface area contributed by atoms with Gasteiger partial charge in [0.2, 0.25) is 5.91 Å². The van der Waals surface area contributed by atoms with Crippen molar-refractivity contribution in [2.45, 2.75) is 12.6 Å². The fourth-order valence-corrected chi connectivity index (χ4v) is 1.28. The Labute approximate surface area is 77.1 Å². The number of hydrogen-bond donors (Lipinski definition) is 2. The van der Waals surface area contributed by atoms with Crippen LogP contribution in [0.15, 0.2) is 0 Å². The van der Waals surface area contributed by atoms with E-state index in [4.69, 9.17) is 5.11 Å². The molecule has 14 heavy (non-hydrogen) atoms. The number of hydrogen-bond acceptors (Lipinski definition) is 2. The molecule has 0 aliphatic carbocycles. The predicted molar refractivity (Wildman–Crippen MR) is 38.3 cm³/mol. The average molecular weight is 211 g/mol. The third-order valence-electron chi connectivity index (χ3n) is 2.12. The summed E-state index contributed by atoms with van der Waals surface area (Å²) in [7, 11) is 0. The van der Waals surface area contributed by atoms with Gasteiger partial charge >= 0.3 is 12.1 Å². The van der Waals surface area contributed by atoms with Gasteiger partial charge in [0.15, 0.2) is 0 Å². The lowest BCUT2D eigenvalue weighted by atomic mass is 9.89. The highest BCUT2D eigenvalue weighted by Gasteiger charge is 2.46. The van der Waals surface area contributed by atoms with Crippen LogP contribution in [-0.2, 0) is 9.59 Å². The molecule has 2 N–H and O–H groups in total. The van der Waals surface area contributed by atoms with E-state index >= 15 is 0 Å². The molecule has 0 radical (unpaired) electrons. The van der Waals surface area contributed by atoms with E-state index in [-0.39, 0.29) is 0 Å². The Morgan fingerprint density at radius 2 is 2.07 bits per heavy atom. The van der Waals surface area contributed by atoms with Gasteiger partial charge in [0.1, 0.15) is 5.92 Å². The van der Waals surface area contributed by atoms with Crippen LogP contribution in [0, 0.1) is 11.8 Å². The molecule has 1 saturated heterocycles. The summed E-state index contributed by atoms with van der Waals surface area (Å²) < 4.78 is 36.5. The largest absolute Gasteiger partial charge is 0.481 e. The zero-order valence-corrected chi connectivity index (χ0v) is 6.97. The van der Waals surface area contributed by atoms with Crippen LogP contribution in [0.3, 0.4) is 0 Å². The Kier molecular flexibility index (Phi) is 2.68. The molecule has 0 aromatic carbocycles. The van der Waals surface area contributed by atoms with Gasteiger partial charge in [0.05, 0.1) is 5.92 Å². The Morgan fingerprint density at radius 3 is 2.50 bits per heavy atom. The number of carboxylic acids is 1. The van der Waals surface area contributed by atoms with E-state index in [2.05, 4.69) is 0 Å². The first kappa shape index (κ1) is 10.8. The van der Waals surface area contributed by atoms with Crippen molar-refractivity contribution in [1.82, 2.24) is 5.32 Å². The highest BCUT2D eigenvalue weighted by Crippen LogP contribution is 2.33. The van der Waals surface area contributed by atoms with Crippen molar-refractivity contribution in [2.24, 2.45) is 11.8 Å². The van der Waals surface area contributed by atoms with Crippen LogP contribution in [-0.4, -0.2) is 29.7 Å². The molecule has 4 nitrogen and oxygen atoms in total. The predicted octanol–water partition coefficient (Wildman–Crippen LogP) is 0.386. The molecule has 2 unspecified atom stereocenters. The molecule has 1 fully saturated rings. The first-order chi connectivity index (χ1) is 6.32. The van der Waals surface area contributed by atoms with E-state index < -0.39 is 42.9 Å². The number of amides is 1. The van der Waals surface area contributed by atoms with Crippen LogP contribution in [0.4, 0.5) is 13.2 Å². The number of aliphatic carboxylic acids is 1. The first-order valence-electron chi connectivity index (χ1n) is 3.89. The van der Waals surface area contributed by atoms with Gasteiger partial charge in [-0.2, -0.15) is 13.2 Å². The molecule has 1 aliphatic rings. The third-order valence-corrected chi connectivity index (χ3v) is 2.12. The van der Waals surface area contributed by atoms with Gasteiger partial charge in [0.25, 0.3) is 0 Å². The highest BCUT2D eigenvalue weighted by molar-refractivity contribution is 5.97. The zero-order valence-electron chi connectivity index (χ0n) is 6.97. The molecule has 0 aromatic heterocycles. The average Bonchev–Trinajstić information content (AvgIpc) is 2.02. The Morgan fingerprint density at radius 1 is 1.50 bits per heavy atom. The van der Waals surface area contributed by atoms with Crippen LogP contribution in [0.1, 0.15) is 6.42 Å². The van der Waals surface area contributed by atoms with Crippen molar-refractivity contribution in [1.29, 1.82) is 0 Å². The molecule has 1 rings (SSSR count). The summed E-state index contributed by atoms with van der Waals surface area (Å²) in [6, 6.07) is 0. The Hall–Kier alpha value is -1.27. The molecule has 0 spiro atoms. The van der Waals surface area contributed by atoms with Gasteiger partial charge in [-0.25, -0.2) is 0 Å². The smallest absolute Gasteiger partial charge is 0.393 e. The van der Waals surface area contributed by atoms with Gasteiger partial charge in [-0.05, 0) is 6.42 Å². The number of alkyl halides is 3. The van der Waals surface area contributed by atoms with Crippen LogP contribution >= 0.6 is 0 Å². The van der Waals surface area contributed by atoms with Gasteiger partial charge in [-0.1, -0.05) is 0 Å². The summed E-state index contributed by atoms with van der Waals surface area (Å²) in [5.74, 6) is -5.72. The van der Waals surface area contributed by atoms with Gasteiger partial charge < -0.3 is 10.4 Å². The summed E-state index contributed by atoms with van der Waals surface area (Å²) >= 11 is 0. The van der Waals surface area contributed by atoms with E-state index in [0.717, 1.165) is 0 Å². The Balaban J connectivity index is 2.72. The number of carbonyl (C=O) groups excluding carboxylic acids is 1. The first-order valence-corrected chi connectivity index (χ1v) is 3.89. The number of carbonyl (C=O) groups is 2. The maximum absolute atomic E-state index is 12.2. The monoisotopic (exact) mass is 211 g/mol. The van der Waals surface area contributed by atoms with Gasteiger partial charge in [0, 0.05) is 6.54 Å². The summed E-state index contributed by atoms with van der Waals surface area (Å²) in [6.45, 7) is -0.536. The summed E-state index contributed by atoms with van der Waals surface area (Å²) in [5, 5.41) is 10.4. The molecular weight excluding hydrogens is 203 g/mol. The van der Waals surface area contributed by atoms with E-state index in [1.165, 1.54) is 0 Å². The highest BCUT2D eigenvalue weighted by atomic mass is 19.4. The molecule has 0 aromatic rings. The SMILES string of the molecule is O=C(O)C1CC(C(F)(F)F)CNC1=O. The molecule has 0 bridgehead atoms. The molecule has 80 valence electrons. The molecule has 1 aliphatic heterocycles. The molecular formula is C7H8F3NO3. The lowest BCUT2D eigenvalue weighted by Crippen LogP contribution is -2.48. The molecule has 0 saturated carbocycles. The molecule has 2 atom stereocenters. The van der Waals surface area contributed by atoms with Gasteiger partial charge in [-0.15, -0.1) is 0 Å². The summed E-state index contributed by atoms with van der Waals surface area (Å²) in [6.07, 6.45) is -5.13. The number of rotatable bonds is 1. The quantitative estimate of drug-likeness (QED) is 0.616. The molecule has 1 heterocycles. The second-order valence-electron chi connectivity index (χ2n) is 3.11. The fraction of sp³-hybridized carbons (Fsp3) is 0.714. The van der Waals surface area contributed by atoms with Gasteiger partial charge in [-0.3, -0.25) is 9.59 Å². The minimum absolute atomic E-state index is 0.536. The van der Waals surface area contributed by atoms with Crippen molar-refractivity contribution < 1.29 is 27.9 Å². The van der Waals surface area contributed by atoms with E-state index in [1.54, 1.807) is 0 Å². The van der Waals surface area contributed by atoms with Crippen LogP contribution in [0.25, 0.3) is 0 Å². The summed E-state index contributed by atoms with van der Waals surface area (Å²) in [5.41, 5.74) is 0. The topological polar surface area (TPSA) is 66.4 Å². The maximum atomic E-state index is 12.2. The van der Waals surface area contributed by atoms with Crippen LogP contribution in [0.2, 0.25) is 0 Å². The number of carboxylic acid groups (broad SMARTS) is 1. The lowest BCUT2D eigenvalue weighted by molar-refractivity contribution is -0.186. The number of nitrogens with one attached hydrogen (secondary N) is 1. The number of halogens is 3. The van der Waals surface area contributed by atoms with E-state index in [0.29, 0.717) is 0 Å². The minimum Gasteiger partial charge on any atom is -0.481 e. The standard InChI is InChI=1S/C7H8F3NO3/c8-7(9,10)3-1-4(6(13)14)5(12)11-2-3/h3-4H,1-2H2,(H,11,12)(H,13,14). The second-order valence-corrected chi connectivity index (χ2v) is 3.11. The van der Waals surface area contributed by atoms with E-state index in [9.17, 15) is 22.8 Å². The molecule has 1 amide bonds. The fourth-order valence-electron chi connectivity index (χ4n) is 1.28. The molecule has 7 heteroatoms. The second kappa shape index (κ2) is 3.47. The van der Waals surface area contributed by atoms with Crippen molar-refractivity contribution in [3.63, 3.8) is 0 Å². The third kappa shape index (κ3) is 2.15. The van der Waals surface area contributed by atoms with Crippen molar-refractivity contribution >= 4 is 11.9 Å². The summed E-state index contributed by atoms with van der Waals surface area (Å²) in [4.78, 5) is 21.3. The normalized spacial score (nSPS) is 28.4. The van der Waals surface area contributed by atoms with Crippen LogP contribution < -0.4 is 5.32 Å². The van der Waals surface area contributed by atoms with Crippen molar-refractivity contribution in [2.75, 3.05) is 6.54 Å². The Bertz CT molecular complexity index is 263.